The van der Waals surface area contributed by atoms with Crippen LogP contribution in [0.4, 0.5) is 0 Å². The van der Waals surface area contributed by atoms with Crippen LogP contribution in [0.3, 0.4) is 0 Å². The molecule has 1 aliphatic rings. The first kappa shape index (κ1) is 14.9. The monoisotopic (exact) mass is 242 g/mol. The highest BCUT2D eigenvalue weighted by molar-refractivity contribution is 4.90. The fourth-order valence-corrected chi connectivity index (χ4v) is 2.17. The van der Waals surface area contributed by atoms with E-state index in [1.807, 2.05) is 0 Å². The lowest BCUT2D eigenvalue weighted by molar-refractivity contribution is 0.0518. The summed E-state index contributed by atoms with van der Waals surface area (Å²) in [6.45, 7) is 16.3. The van der Waals surface area contributed by atoms with Gasteiger partial charge in [-0.2, -0.15) is 0 Å². The Balaban J connectivity index is 2.16. The Hall–Kier alpha value is -0.120. The molecule has 0 saturated carbocycles. The second kappa shape index (κ2) is 6.72. The highest BCUT2D eigenvalue weighted by atomic mass is 16.5. The Morgan fingerprint density at radius 3 is 2.71 bits per heavy atom. The molecule has 0 radical (unpaired) electrons. The summed E-state index contributed by atoms with van der Waals surface area (Å²) >= 11 is 0. The highest BCUT2D eigenvalue weighted by Crippen LogP contribution is 2.14. The summed E-state index contributed by atoms with van der Waals surface area (Å²) < 4.78 is 5.70. The van der Waals surface area contributed by atoms with Crippen LogP contribution in [0.1, 0.15) is 41.0 Å². The van der Waals surface area contributed by atoms with Gasteiger partial charge in [0.1, 0.15) is 0 Å². The molecule has 1 saturated heterocycles. The molecule has 0 aromatic rings. The second-order valence-electron chi connectivity index (χ2n) is 6.38. The first-order valence-corrected chi connectivity index (χ1v) is 6.97. The van der Waals surface area contributed by atoms with E-state index in [1.54, 1.807) is 0 Å². The van der Waals surface area contributed by atoms with Gasteiger partial charge in [0.15, 0.2) is 0 Å². The van der Waals surface area contributed by atoms with E-state index in [1.165, 1.54) is 6.42 Å². The van der Waals surface area contributed by atoms with E-state index in [4.69, 9.17) is 4.74 Å². The molecule has 1 rings (SSSR count). The second-order valence-corrected chi connectivity index (χ2v) is 6.38. The maximum atomic E-state index is 5.70. The average Bonchev–Trinajstić information content (AvgIpc) is 2.22. The molecule has 17 heavy (non-hydrogen) atoms. The van der Waals surface area contributed by atoms with Crippen molar-refractivity contribution in [2.45, 2.75) is 52.6 Å². The van der Waals surface area contributed by atoms with Crippen molar-refractivity contribution in [1.29, 1.82) is 0 Å². The zero-order valence-electron chi connectivity index (χ0n) is 12.3. The molecule has 0 spiro atoms. The lowest BCUT2D eigenvalue weighted by atomic mass is 9.99. The average molecular weight is 242 g/mol. The van der Waals surface area contributed by atoms with Crippen molar-refractivity contribution in [2.75, 3.05) is 32.8 Å². The van der Waals surface area contributed by atoms with Crippen LogP contribution in [0.25, 0.3) is 0 Å². The van der Waals surface area contributed by atoms with Crippen LogP contribution >= 0.6 is 0 Å². The number of rotatable bonds is 6. The van der Waals surface area contributed by atoms with Crippen LogP contribution in [0.5, 0.6) is 0 Å². The predicted octanol–water partition coefficient (Wildman–Crippen LogP) is 2.12. The van der Waals surface area contributed by atoms with Gasteiger partial charge in [-0.3, -0.25) is 4.90 Å². The summed E-state index contributed by atoms with van der Waals surface area (Å²) in [5, 5.41) is 3.57. The van der Waals surface area contributed by atoms with Crippen molar-refractivity contribution < 1.29 is 4.74 Å². The third kappa shape index (κ3) is 5.84. The topological polar surface area (TPSA) is 24.5 Å². The van der Waals surface area contributed by atoms with Gasteiger partial charge in [0.25, 0.3) is 0 Å². The quantitative estimate of drug-likeness (QED) is 0.722. The minimum atomic E-state index is 0.241. The largest absolute Gasteiger partial charge is 0.380 e. The molecule has 0 aromatic carbocycles. The molecule has 1 aliphatic heterocycles. The molecule has 0 amide bonds. The van der Waals surface area contributed by atoms with Crippen LogP contribution in [-0.4, -0.2) is 49.3 Å². The summed E-state index contributed by atoms with van der Waals surface area (Å²) in [6.07, 6.45) is 1.17. The number of nitrogens with zero attached hydrogens (tertiary/aromatic N) is 1. The molecule has 1 heterocycles. The van der Waals surface area contributed by atoms with E-state index in [2.05, 4.69) is 44.8 Å². The van der Waals surface area contributed by atoms with Gasteiger partial charge in [0.05, 0.1) is 6.61 Å². The van der Waals surface area contributed by atoms with Gasteiger partial charge in [0, 0.05) is 37.8 Å². The minimum absolute atomic E-state index is 0.241. The standard InChI is InChI=1S/C14H30N2O/c1-12(2)6-8-17-9-7-16-11-14(4,5)15-10-13(16)3/h12-13,15H,6-11H2,1-5H3. The van der Waals surface area contributed by atoms with E-state index in [0.29, 0.717) is 6.04 Å². The SMILES string of the molecule is CC(C)CCOCCN1CC(C)(C)NCC1C. The number of piperazine rings is 1. The van der Waals surface area contributed by atoms with Crippen molar-refractivity contribution in [3.05, 3.63) is 0 Å². The van der Waals surface area contributed by atoms with Gasteiger partial charge >= 0.3 is 0 Å². The summed E-state index contributed by atoms with van der Waals surface area (Å²) in [5.41, 5.74) is 0.241. The fraction of sp³-hybridized carbons (Fsp3) is 1.00. The number of nitrogens with one attached hydrogen (secondary N) is 1. The van der Waals surface area contributed by atoms with Crippen LogP contribution in [-0.2, 0) is 4.74 Å². The van der Waals surface area contributed by atoms with E-state index >= 15 is 0 Å². The van der Waals surface area contributed by atoms with Crippen LogP contribution < -0.4 is 5.32 Å². The number of hydrogen-bond acceptors (Lipinski definition) is 3. The van der Waals surface area contributed by atoms with Crippen LogP contribution in [0.15, 0.2) is 0 Å². The maximum Gasteiger partial charge on any atom is 0.0593 e. The summed E-state index contributed by atoms with van der Waals surface area (Å²) in [6, 6.07) is 0.622. The smallest absolute Gasteiger partial charge is 0.0593 e. The van der Waals surface area contributed by atoms with Crippen molar-refractivity contribution in [3.63, 3.8) is 0 Å². The molecule has 102 valence electrons. The summed E-state index contributed by atoms with van der Waals surface area (Å²) in [5.74, 6) is 0.743. The normalized spacial score (nSPS) is 25.4. The molecule has 0 aliphatic carbocycles. The Bertz CT molecular complexity index is 216. The minimum Gasteiger partial charge on any atom is -0.380 e. The third-order valence-electron chi connectivity index (χ3n) is 3.46. The molecule has 1 atom stereocenters. The van der Waals surface area contributed by atoms with Gasteiger partial charge in [-0.05, 0) is 33.1 Å². The Morgan fingerprint density at radius 1 is 1.35 bits per heavy atom. The van der Waals surface area contributed by atoms with E-state index < -0.39 is 0 Å². The lowest BCUT2D eigenvalue weighted by Crippen LogP contribution is -2.61. The zero-order valence-corrected chi connectivity index (χ0v) is 12.3. The summed E-state index contributed by atoms with van der Waals surface area (Å²) in [7, 11) is 0. The molecule has 1 unspecified atom stereocenters. The number of hydrogen-bond donors (Lipinski definition) is 1. The van der Waals surface area contributed by atoms with Gasteiger partial charge in [-0.15, -0.1) is 0 Å². The molecule has 0 bridgehead atoms. The fourth-order valence-electron chi connectivity index (χ4n) is 2.17. The van der Waals surface area contributed by atoms with Gasteiger partial charge in [-0.1, -0.05) is 13.8 Å². The van der Waals surface area contributed by atoms with Crippen molar-refractivity contribution >= 4 is 0 Å². The third-order valence-corrected chi connectivity index (χ3v) is 3.46. The molecule has 1 N–H and O–H groups in total. The molecular formula is C14H30N2O. The van der Waals surface area contributed by atoms with Crippen molar-refractivity contribution in [3.8, 4) is 0 Å². The van der Waals surface area contributed by atoms with Gasteiger partial charge in [-0.25, -0.2) is 0 Å². The van der Waals surface area contributed by atoms with Gasteiger partial charge in [0.2, 0.25) is 0 Å². The molecular weight excluding hydrogens is 212 g/mol. The molecule has 0 aromatic heterocycles. The van der Waals surface area contributed by atoms with Crippen LogP contribution in [0.2, 0.25) is 0 Å². The zero-order chi connectivity index (χ0) is 12.9. The molecule has 3 heteroatoms. The van der Waals surface area contributed by atoms with E-state index in [0.717, 1.165) is 38.8 Å². The first-order chi connectivity index (χ1) is 7.91. The Morgan fingerprint density at radius 2 is 2.06 bits per heavy atom. The van der Waals surface area contributed by atoms with Crippen molar-refractivity contribution in [1.82, 2.24) is 10.2 Å². The highest BCUT2D eigenvalue weighted by Gasteiger charge is 2.29. The Kier molecular flexibility index (Phi) is 5.90. The lowest BCUT2D eigenvalue weighted by Gasteiger charge is -2.43. The summed E-state index contributed by atoms with van der Waals surface area (Å²) in [4.78, 5) is 2.53. The molecule has 1 fully saturated rings. The Labute approximate surface area is 107 Å². The molecule has 3 nitrogen and oxygen atoms in total. The first-order valence-electron chi connectivity index (χ1n) is 6.97. The van der Waals surface area contributed by atoms with Gasteiger partial charge < -0.3 is 10.1 Å². The maximum absolute atomic E-state index is 5.70. The van der Waals surface area contributed by atoms with Crippen molar-refractivity contribution in [2.24, 2.45) is 5.92 Å². The van der Waals surface area contributed by atoms with Crippen LogP contribution in [0, 0.1) is 5.92 Å². The number of ether oxygens (including phenoxy) is 1. The predicted molar refractivity (Wildman–Crippen MR) is 73.4 cm³/mol. The van der Waals surface area contributed by atoms with E-state index in [-0.39, 0.29) is 5.54 Å². The van der Waals surface area contributed by atoms with E-state index in [9.17, 15) is 0 Å².